The van der Waals surface area contributed by atoms with Crippen molar-refractivity contribution in [3.8, 4) is 0 Å². The number of aliphatic hydroxyl groups excluding tert-OH is 1. The highest BCUT2D eigenvalue weighted by molar-refractivity contribution is 6.03. The zero-order valence-electron chi connectivity index (χ0n) is 14.3. The number of nitrogens with one attached hydrogen (secondary N) is 2. The molecule has 0 spiro atoms. The minimum absolute atomic E-state index is 0.517. The van der Waals surface area contributed by atoms with Crippen LogP contribution in [0.1, 0.15) is 16.7 Å². The molecule has 1 unspecified atom stereocenters. The van der Waals surface area contributed by atoms with Crippen LogP contribution in [-0.4, -0.2) is 11.3 Å². The van der Waals surface area contributed by atoms with Crippen LogP contribution in [0, 0.1) is 0 Å². The lowest BCUT2D eigenvalue weighted by Gasteiger charge is -2.18. The number of aliphatic hydroxyl groups is 1. The molecule has 0 amide bonds. The van der Waals surface area contributed by atoms with E-state index in [0.717, 1.165) is 39.3 Å². The first kappa shape index (κ1) is 16.4. The minimum atomic E-state index is -0.765. The Morgan fingerprint density at radius 2 is 1.62 bits per heavy atom. The minimum Gasteiger partial charge on any atom is -0.369 e. The molecule has 0 bridgehead atoms. The van der Waals surface area contributed by atoms with Crippen molar-refractivity contribution in [1.82, 2.24) is 0 Å². The Morgan fingerprint density at radius 3 is 2.35 bits per heavy atom. The molecule has 0 saturated carbocycles. The average molecular weight is 343 g/mol. The fourth-order valence-corrected chi connectivity index (χ4v) is 3.25. The quantitative estimate of drug-likeness (QED) is 0.580. The predicted molar refractivity (Wildman–Crippen MR) is 107 cm³/mol. The molecule has 0 aliphatic carbocycles. The number of para-hydroxylation sites is 1. The standard InChI is InChI=1S/C22H21N3O/c23-14-15-10-12-17(13-11-15)24-21(16-6-2-1-3-7-16)20-18-8-4-5-9-19(18)25-22(20)26/h1-13,22,24-26H,14,23H2/b21-20-. The van der Waals surface area contributed by atoms with Gasteiger partial charge in [0.2, 0.25) is 0 Å². The van der Waals surface area contributed by atoms with E-state index in [1.165, 1.54) is 0 Å². The molecule has 4 rings (SSSR count). The Kier molecular flexibility index (Phi) is 4.44. The first-order valence-electron chi connectivity index (χ1n) is 8.66. The van der Waals surface area contributed by atoms with Crippen LogP contribution in [-0.2, 0) is 6.54 Å². The number of benzene rings is 3. The highest BCUT2D eigenvalue weighted by atomic mass is 16.3. The van der Waals surface area contributed by atoms with Gasteiger partial charge in [0, 0.05) is 29.1 Å². The van der Waals surface area contributed by atoms with Crippen molar-refractivity contribution >= 4 is 22.6 Å². The molecule has 130 valence electrons. The molecule has 1 aliphatic rings. The smallest absolute Gasteiger partial charge is 0.153 e. The van der Waals surface area contributed by atoms with Crippen LogP contribution < -0.4 is 16.4 Å². The molecule has 3 aromatic rings. The Labute approximate surface area is 153 Å². The van der Waals surface area contributed by atoms with Crippen LogP contribution in [0.3, 0.4) is 0 Å². The van der Waals surface area contributed by atoms with E-state index in [1.807, 2.05) is 78.9 Å². The van der Waals surface area contributed by atoms with E-state index >= 15 is 0 Å². The van der Waals surface area contributed by atoms with E-state index in [0.29, 0.717) is 6.54 Å². The molecule has 1 heterocycles. The Bertz CT molecular complexity index is 933. The van der Waals surface area contributed by atoms with Crippen LogP contribution in [0.15, 0.2) is 78.9 Å². The van der Waals surface area contributed by atoms with Gasteiger partial charge >= 0.3 is 0 Å². The fraction of sp³-hybridized carbons (Fsp3) is 0.0909. The van der Waals surface area contributed by atoms with E-state index in [2.05, 4.69) is 10.6 Å². The molecule has 1 aliphatic heterocycles. The molecule has 0 radical (unpaired) electrons. The molecule has 3 aromatic carbocycles. The van der Waals surface area contributed by atoms with E-state index in [1.54, 1.807) is 0 Å². The number of anilines is 2. The second-order valence-electron chi connectivity index (χ2n) is 6.27. The lowest BCUT2D eigenvalue weighted by atomic mass is 9.99. The molecule has 0 fully saturated rings. The van der Waals surface area contributed by atoms with Crippen molar-refractivity contribution in [2.75, 3.05) is 10.6 Å². The van der Waals surface area contributed by atoms with Gasteiger partial charge in [0.1, 0.15) is 0 Å². The summed E-state index contributed by atoms with van der Waals surface area (Å²) in [6.45, 7) is 0.517. The molecular formula is C22H21N3O. The number of rotatable bonds is 4. The van der Waals surface area contributed by atoms with Crippen LogP contribution in [0.2, 0.25) is 0 Å². The van der Waals surface area contributed by atoms with Crippen molar-refractivity contribution in [2.45, 2.75) is 12.8 Å². The van der Waals surface area contributed by atoms with E-state index in [4.69, 9.17) is 5.73 Å². The third-order valence-corrected chi connectivity index (χ3v) is 4.57. The Morgan fingerprint density at radius 1 is 0.923 bits per heavy atom. The molecule has 4 heteroatoms. The third-order valence-electron chi connectivity index (χ3n) is 4.57. The normalized spacial score (nSPS) is 17.4. The molecule has 4 nitrogen and oxygen atoms in total. The van der Waals surface area contributed by atoms with Crippen LogP contribution >= 0.6 is 0 Å². The number of nitrogens with two attached hydrogens (primary N) is 1. The van der Waals surface area contributed by atoms with Gasteiger partial charge in [-0.15, -0.1) is 0 Å². The van der Waals surface area contributed by atoms with Gasteiger partial charge in [-0.1, -0.05) is 60.7 Å². The second kappa shape index (κ2) is 7.04. The van der Waals surface area contributed by atoms with Crippen molar-refractivity contribution in [3.63, 3.8) is 0 Å². The van der Waals surface area contributed by atoms with Gasteiger partial charge in [-0.3, -0.25) is 0 Å². The van der Waals surface area contributed by atoms with Gasteiger partial charge in [-0.2, -0.15) is 0 Å². The Hall–Kier alpha value is -3.08. The van der Waals surface area contributed by atoms with E-state index in [-0.39, 0.29) is 0 Å². The molecule has 1 atom stereocenters. The van der Waals surface area contributed by atoms with Gasteiger partial charge in [0.15, 0.2) is 6.23 Å². The highest BCUT2D eigenvalue weighted by Crippen LogP contribution is 2.39. The predicted octanol–water partition coefficient (Wildman–Crippen LogP) is 3.87. The monoisotopic (exact) mass is 343 g/mol. The van der Waals surface area contributed by atoms with E-state index in [9.17, 15) is 5.11 Å². The summed E-state index contributed by atoms with van der Waals surface area (Å²) < 4.78 is 0. The van der Waals surface area contributed by atoms with Gasteiger partial charge in [-0.25, -0.2) is 0 Å². The molecule has 0 aromatic heterocycles. The van der Waals surface area contributed by atoms with Gasteiger partial charge in [0.25, 0.3) is 0 Å². The van der Waals surface area contributed by atoms with Crippen molar-refractivity contribution in [3.05, 3.63) is 95.6 Å². The third kappa shape index (κ3) is 3.08. The molecule has 5 N–H and O–H groups in total. The second-order valence-corrected chi connectivity index (χ2v) is 6.27. The van der Waals surface area contributed by atoms with Gasteiger partial charge in [0.05, 0.1) is 5.70 Å². The largest absolute Gasteiger partial charge is 0.369 e. The van der Waals surface area contributed by atoms with E-state index < -0.39 is 6.23 Å². The first-order valence-corrected chi connectivity index (χ1v) is 8.66. The molecule has 0 saturated heterocycles. The fourth-order valence-electron chi connectivity index (χ4n) is 3.25. The Balaban J connectivity index is 1.84. The summed E-state index contributed by atoms with van der Waals surface area (Å²) in [7, 11) is 0. The average Bonchev–Trinajstić information content (AvgIpc) is 3.03. The number of fused-ring (bicyclic) bond motifs is 1. The van der Waals surface area contributed by atoms with Crippen molar-refractivity contribution in [2.24, 2.45) is 5.73 Å². The van der Waals surface area contributed by atoms with Crippen LogP contribution in [0.25, 0.3) is 11.3 Å². The summed E-state index contributed by atoms with van der Waals surface area (Å²) in [5, 5.41) is 17.3. The van der Waals surface area contributed by atoms with Gasteiger partial charge in [-0.05, 0) is 29.3 Å². The highest BCUT2D eigenvalue weighted by Gasteiger charge is 2.28. The zero-order chi connectivity index (χ0) is 17.9. The summed E-state index contributed by atoms with van der Waals surface area (Å²) in [6.07, 6.45) is -0.765. The van der Waals surface area contributed by atoms with Crippen molar-refractivity contribution < 1.29 is 5.11 Å². The SMILES string of the molecule is NCc1ccc(N/C(=C2/c3ccccc3NC2O)c2ccccc2)cc1. The summed E-state index contributed by atoms with van der Waals surface area (Å²) in [5.41, 5.74) is 12.4. The number of hydrogen-bond acceptors (Lipinski definition) is 4. The van der Waals surface area contributed by atoms with Gasteiger partial charge < -0.3 is 21.5 Å². The first-order chi connectivity index (χ1) is 12.8. The summed E-state index contributed by atoms with van der Waals surface area (Å²) in [5.74, 6) is 0. The molecular weight excluding hydrogens is 322 g/mol. The zero-order valence-corrected chi connectivity index (χ0v) is 14.3. The lowest BCUT2D eigenvalue weighted by Crippen LogP contribution is -2.16. The van der Waals surface area contributed by atoms with Crippen molar-refractivity contribution in [1.29, 1.82) is 0 Å². The summed E-state index contributed by atoms with van der Waals surface area (Å²) in [4.78, 5) is 0. The maximum absolute atomic E-state index is 10.7. The maximum Gasteiger partial charge on any atom is 0.153 e. The summed E-state index contributed by atoms with van der Waals surface area (Å²) in [6, 6.07) is 26.0. The lowest BCUT2D eigenvalue weighted by molar-refractivity contribution is 0.266. The topological polar surface area (TPSA) is 70.3 Å². The maximum atomic E-state index is 10.7. The number of hydrogen-bond donors (Lipinski definition) is 4. The van der Waals surface area contributed by atoms with Crippen LogP contribution in [0.5, 0.6) is 0 Å². The van der Waals surface area contributed by atoms with Crippen LogP contribution in [0.4, 0.5) is 11.4 Å². The summed E-state index contributed by atoms with van der Waals surface area (Å²) >= 11 is 0. The molecule has 26 heavy (non-hydrogen) atoms.